The van der Waals surface area contributed by atoms with Crippen molar-refractivity contribution in [3.63, 3.8) is 0 Å². The normalized spacial score (nSPS) is 11.5. The summed E-state index contributed by atoms with van der Waals surface area (Å²) in [4.78, 5) is 3.85. The Balaban J connectivity index is 2.26. The lowest BCUT2D eigenvalue weighted by Gasteiger charge is -2.10. The van der Waals surface area contributed by atoms with Gasteiger partial charge in [-0.2, -0.15) is 5.10 Å². The molecular weight excluding hydrogens is 336 g/mol. The van der Waals surface area contributed by atoms with E-state index in [-0.39, 0.29) is 17.3 Å². The number of rotatable bonds is 5. The van der Waals surface area contributed by atoms with Gasteiger partial charge in [-0.15, -0.1) is 0 Å². The molecule has 0 saturated heterocycles. The van der Waals surface area contributed by atoms with E-state index in [2.05, 4.69) is 41.3 Å². The highest BCUT2D eigenvalue weighted by atomic mass is 79.9. The van der Waals surface area contributed by atoms with E-state index in [0.29, 0.717) is 10.0 Å². The van der Waals surface area contributed by atoms with Crippen molar-refractivity contribution in [1.29, 1.82) is 0 Å². The second-order valence-electron chi connectivity index (χ2n) is 3.58. The van der Waals surface area contributed by atoms with Crippen molar-refractivity contribution >= 4 is 31.8 Å². The Bertz CT molecular complexity index is 657. The summed E-state index contributed by atoms with van der Waals surface area (Å²) in [6.07, 6.45) is 4.58. The summed E-state index contributed by atoms with van der Waals surface area (Å²) in [5.74, 6) is 5.33. The van der Waals surface area contributed by atoms with Crippen molar-refractivity contribution in [3.8, 4) is 0 Å². The summed E-state index contributed by atoms with van der Waals surface area (Å²) in [5, 5.41) is 6.33. The van der Waals surface area contributed by atoms with Gasteiger partial charge in [0, 0.05) is 29.0 Å². The zero-order chi connectivity index (χ0) is 13.9. The number of hydrogen-bond donors (Lipinski definition) is 4. The Hall–Kier alpha value is -1.49. The Morgan fingerprint density at radius 2 is 2.21 bits per heavy atom. The van der Waals surface area contributed by atoms with Crippen LogP contribution in [0.3, 0.4) is 0 Å². The Labute approximate surface area is 118 Å². The van der Waals surface area contributed by atoms with Crippen LogP contribution in [-0.4, -0.2) is 23.6 Å². The molecular formula is C9H11BrN6O2S. The molecule has 0 aromatic carbocycles. The summed E-state index contributed by atoms with van der Waals surface area (Å²) in [7, 11) is -3.73. The predicted octanol–water partition coefficient (Wildman–Crippen LogP) is 0.331. The minimum atomic E-state index is -3.73. The predicted molar refractivity (Wildman–Crippen MR) is 72.4 cm³/mol. The molecule has 2 aromatic heterocycles. The van der Waals surface area contributed by atoms with Crippen molar-refractivity contribution < 1.29 is 8.42 Å². The zero-order valence-corrected chi connectivity index (χ0v) is 12.0. The average molecular weight is 347 g/mol. The summed E-state index contributed by atoms with van der Waals surface area (Å²) in [6, 6.07) is 1.42. The topological polar surface area (TPSA) is 126 Å². The first-order chi connectivity index (χ1) is 9.03. The van der Waals surface area contributed by atoms with Gasteiger partial charge in [0.2, 0.25) is 10.0 Å². The molecule has 0 atom stereocenters. The number of aromatic nitrogens is 3. The molecule has 0 aliphatic heterocycles. The van der Waals surface area contributed by atoms with Gasteiger partial charge in [-0.3, -0.25) is 5.10 Å². The smallest absolute Gasteiger partial charge is 0.244 e. The Morgan fingerprint density at radius 3 is 2.84 bits per heavy atom. The number of halogens is 1. The number of hydrogen-bond acceptors (Lipinski definition) is 6. The van der Waals surface area contributed by atoms with Gasteiger partial charge in [0.05, 0.1) is 6.20 Å². The standard InChI is InChI=1S/C9H11BrN6O2S/c10-7-1-8(9(16-11)12-5-7)19(17,18)15-4-6-2-13-14-3-6/h1-3,5,15H,4,11H2,(H,12,16)(H,13,14). The van der Waals surface area contributed by atoms with Gasteiger partial charge in [-0.1, -0.05) is 0 Å². The van der Waals surface area contributed by atoms with Crippen LogP contribution >= 0.6 is 15.9 Å². The van der Waals surface area contributed by atoms with Gasteiger partial charge in [-0.05, 0) is 22.0 Å². The van der Waals surface area contributed by atoms with Crippen molar-refractivity contribution in [3.05, 3.63) is 34.7 Å². The lowest BCUT2D eigenvalue weighted by molar-refractivity contribution is 0.581. The van der Waals surface area contributed by atoms with Gasteiger partial charge < -0.3 is 5.43 Å². The van der Waals surface area contributed by atoms with Gasteiger partial charge in [0.1, 0.15) is 4.90 Å². The fourth-order valence-electron chi connectivity index (χ4n) is 1.36. The van der Waals surface area contributed by atoms with Crippen LogP contribution in [0.4, 0.5) is 5.82 Å². The zero-order valence-electron chi connectivity index (χ0n) is 9.59. The number of sulfonamides is 1. The molecule has 0 fully saturated rings. The van der Waals surface area contributed by atoms with Gasteiger partial charge >= 0.3 is 0 Å². The van der Waals surface area contributed by atoms with Crippen LogP contribution in [0.25, 0.3) is 0 Å². The van der Waals surface area contributed by atoms with Crippen LogP contribution < -0.4 is 16.0 Å². The van der Waals surface area contributed by atoms with E-state index in [1.54, 1.807) is 6.20 Å². The van der Waals surface area contributed by atoms with Crippen LogP contribution in [0.1, 0.15) is 5.56 Å². The number of H-pyrrole nitrogens is 1. The van der Waals surface area contributed by atoms with Crippen LogP contribution in [-0.2, 0) is 16.6 Å². The van der Waals surface area contributed by atoms with E-state index in [0.717, 1.165) is 0 Å². The monoisotopic (exact) mass is 346 g/mol. The molecule has 0 aliphatic carbocycles. The van der Waals surface area contributed by atoms with Crippen LogP contribution in [0.15, 0.2) is 34.0 Å². The maximum atomic E-state index is 12.2. The van der Waals surface area contributed by atoms with Crippen LogP contribution in [0.5, 0.6) is 0 Å². The Morgan fingerprint density at radius 1 is 1.42 bits per heavy atom. The number of pyridine rings is 1. The van der Waals surface area contributed by atoms with Crippen molar-refractivity contribution in [1.82, 2.24) is 19.9 Å². The molecule has 0 amide bonds. The highest BCUT2D eigenvalue weighted by Gasteiger charge is 2.19. The summed E-state index contributed by atoms with van der Waals surface area (Å²) < 4.78 is 27.3. The number of hydrazine groups is 1. The van der Waals surface area contributed by atoms with Crippen molar-refractivity contribution in [2.75, 3.05) is 5.43 Å². The SMILES string of the molecule is NNc1ncc(Br)cc1S(=O)(=O)NCc1cn[nH]c1. The molecule has 0 unspecified atom stereocenters. The minimum Gasteiger partial charge on any atom is -0.307 e. The van der Waals surface area contributed by atoms with Crippen molar-refractivity contribution in [2.45, 2.75) is 11.4 Å². The maximum absolute atomic E-state index is 12.2. The van der Waals surface area contributed by atoms with Crippen molar-refractivity contribution in [2.24, 2.45) is 5.84 Å². The number of nitrogens with zero attached hydrogens (tertiary/aromatic N) is 2. The quantitative estimate of drug-likeness (QED) is 0.456. The first-order valence-corrected chi connectivity index (χ1v) is 7.40. The van der Waals surface area contributed by atoms with E-state index in [1.807, 2.05) is 0 Å². The fourth-order valence-corrected chi connectivity index (χ4v) is 3.01. The third-order valence-electron chi connectivity index (χ3n) is 2.27. The minimum absolute atomic E-state index is 0.0344. The van der Waals surface area contributed by atoms with Gasteiger partial charge in [0.25, 0.3) is 0 Å². The highest BCUT2D eigenvalue weighted by molar-refractivity contribution is 9.10. The van der Waals surface area contributed by atoms with Crippen LogP contribution in [0.2, 0.25) is 0 Å². The van der Waals surface area contributed by atoms with Gasteiger partial charge in [0.15, 0.2) is 5.82 Å². The molecule has 0 aliphatic rings. The summed E-state index contributed by atoms with van der Waals surface area (Å²) in [5.41, 5.74) is 2.97. The number of nitrogens with two attached hydrogens (primary N) is 1. The molecule has 19 heavy (non-hydrogen) atoms. The molecule has 2 aromatic rings. The van der Waals surface area contributed by atoms with E-state index in [9.17, 15) is 8.42 Å². The first kappa shape index (κ1) is 13.9. The number of nitrogen functional groups attached to an aromatic ring is 1. The molecule has 0 radical (unpaired) electrons. The second-order valence-corrected chi connectivity index (χ2v) is 6.23. The van der Waals surface area contributed by atoms with E-state index >= 15 is 0 Å². The molecule has 8 nitrogen and oxygen atoms in total. The average Bonchev–Trinajstić information content (AvgIpc) is 2.89. The summed E-state index contributed by atoms with van der Waals surface area (Å²) >= 11 is 3.17. The fraction of sp³-hybridized carbons (Fsp3) is 0.111. The first-order valence-electron chi connectivity index (χ1n) is 5.12. The Kier molecular flexibility index (Phi) is 4.14. The molecule has 10 heteroatoms. The largest absolute Gasteiger partial charge is 0.307 e. The van der Waals surface area contributed by atoms with E-state index in [4.69, 9.17) is 5.84 Å². The lowest BCUT2D eigenvalue weighted by Crippen LogP contribution is -2.25. The molecule has 0 saturated carbocycles. The maximum Gasteiger partial charge on any atom is 0.244 e. The molecule has 102 valence electrons. The summed E-state index contributed by atoms with van der Waals surface area (Å²) in [6.45, 7) is 0.120. The second kappa shape index (κ2) is 5.65. The highest BCUT2D eigenvalue weighted by Crippen LogP contribution is 2.22. The van der Waals surface area contributed by atoms with E-state index < -0.39 is 10.0 Å². The van der Waals surface area contributed by atoms with E-state index in [1.165, 1.54) is 18.5 Å². The number of nitrogens with one attached hydrogen (secondary N) is 3. The molecule has 2 rings (SSSR count). The molecule has 0 spiro atoms. The third kappa shape index (κ3) is 3.29. The lowest BCUT2D eigenvalue weighted by atomic mass is 10.4. The molecule has 5 N–H and O–H groups in total. The van der Waals surface area contributed by atoms with Crippen LogP contribution in [0, 0.1) is 0 Å². The van der Waals surface area contributed by atoms with Gasteiger partial charge in [-0.25, -0.2) is 24.0 Å². The molecule has 0 bridgehead atoms. The third-order valence-corrected chi connectivity index (χ3v) is 4.12. The molecule has 2 heterocycles. The number of aromatic amines is 1. The number of anilines is 1.